The second kappa shape index (κ2) is 6.97. The van der Waals surface area contributed by atoms with E-state index in [0.29, 0.717) is 5.92 Å². The molecule has 0 unspecified atom stereocenters. The van der Waals surface area contributed by atoms with E-state index in [1.165, 1.54) is 0 Å². The zero-order valence-electron chi connectivity index (χ0n) is 13.6. The van der Waals surface area contributed by atoms with Crippen molar-refractivity contribution in [3.63, 3.8) is 0 Å². The van der Waals surface area contributed by atoms with Gasteiger partial charge in [0.2, 0.25) is 0 Å². The Hall–Kier alpha value is -1.51. The maximum absolute atomic E-state index is 12.5. The molecule has 0 spiro atoms. The molecule has 0 aliphatic carbocycles. The zero-order chi connectivity index (χ0) is 15.4. The summed E-state index contributed by atoms with van der Waals surface area (Å²) in [5.41, 5.74) is 1.16. The van der Waals surface area contributed by atoms with Crippen molar-refractivity contribution in [3.05, 3.63) is 29.8 Å². The topological polar surface area (TPSA) is 29.5 Å². The van der Waals surface area contributed by atoms with E-state index < -0.39 is 6.10 Å². The maximum atomic E-state index is 12.5. The van der Waals surface area contributed by atoms with Crippen LogP contribution in [0.4, 0.5) is 0 Å². The molecule has 2 rings (SSSR count). The Morgan fingerprint density at radius 1 is 1.19 bits per heavy atom. The molecular formula is C18H27NO2. The van der Waals surface area contributed by atoms with E-state index in [1.54, 1.807) is 0 Å². The number of nitrogens with zero attached hydrogens (tertiary/aromatic N) is 1. The first-order chi connectivity index (χ1) is 9.99. The van der Waals surface area contributed by atoms with Gasteiger partial charge in [-0.3, -0.25) is 4.79 Å². The molecule has 1 atom stereocenters. The van der Waals surface area contributed by atoms with Crippen LogP contribution in [0, 0.1) is 5.92 Å². The molecule has 0 bridgehead atoms. The molecule has 0 saturated carbocycles. The number of likely N-dealkylation sites (tertiary alicyclic amines) is 1. The average Bonchev–Trinajstić information content (AvgIpc) is 2.47. The summed E-state index contributed by atoms with van der Waals surface area (Å²) in [7, 11) is 0. The molecule has 21 heavy (non-hydrogen) atoms. The molecule has 1 aliphatic heterocycles. The van der Waals surface area contributed by atoms with Gasteiger partial charge in [-0.15, -0.1) is 0 Å². The zero-order valence-corrected chi connectivity index (χ0v) is 13.6. The molecule has 0 aromatic heterocycles. The standard InChI is InChI=1S/C18H27NO2/c1-13(2)16-7-5-6-8-17(16)21-15(4)18(20)19-11-9-14(3)10-12-19/h5-8,13-15H,9-12H2,1-4H3/t15-/m1/s1. The third-order valence-corrected chi connectivity index (χ3v) is 4.29. The molecule has 1 aromatic carbocycles. The number of piperidine rings is 1. The lowest BCUT2D eigenvalue weighted by molar-refractivity contribution is -0.139. The minimum atomic E-state index is -0.418. The maximum Gasteiger partial charge on any atom is 0.263 e. The van der Waals surface area contributed by atoms with Crippen molar-refractivity contribution in [1.82, 2.24) is 4.90 Å². The Kier molecular flexibility index (Phi) is 5.27. The molecule has 1 fully saturated rings. The van der Waals surface area contributed by atoms with Gasteiger partial charge < -0.3 is 9.64 Å². The smallest absolute Gasteiger partial charge is 0.263 e. The summed E-state index contributed by atoms with van der Waals surface area (Å²) in [6, 6.07) is 8.00. The van der Waals surface area contributed by atoms with Crippen LogP contribution in [0.2, 0.25) is 0 Å². The van der Waals surface area contributed by atoms with Gasteiger partial charge in [0.25, 0.3) is 5.91 Å². The summed E-state index contributed by atoms with van der Waals surface area (Å²) in [4.78, 5) is 14.4. The van der Waals surface area contributed by atoms with Crippen molar-refractivity contribution >= 4 is 5.91 Å². The van der Waals surface area contributed by atoms with E-state index in [4.69, 9.17) is 4.74 Å². The van der Waals surface area contributed by atoms with Gasteiger partial charge in [0, 0.05) is 13.1 Å². The van der Waals surface area contributed by atoms with Crippen molar-refractivity contribution in [1.29, 1.82) is 0 Å². The number of hydrogen-bond donors (Lipinski definition) is 0. The molecule has 0 radical (unpaired) electrons. The SMILES string of the molecule is CC1CCN(C(=O)[C@@H](C)Oc2ccccc2C(C)C)CC1. The lowest BCUT2D eigenvalue weighted by Gasteiger charge is -2.32. The van der Waals surface area contributed by atoms with Crippen molar-refractivity contribution in [3.8, 4) is 5.75 Å². The number of para-hydroxylation sites is 1. The van der Waals surface area contributed by atoms with Crippen LogP contribution in [0.25, 0.3) is 0 Å². The van der Waals surface area contributed by atoms with E-state index in [0.717, 1.165) is 43.2 Å². The molecule has 0 N–H and O–H groups in total. The molecule has 3 nitrogen and oxygen atoms in total. The third-order valence-electron chi connectivity index (χ3n) is 4.29. The molecule has 1 amide bonds. The highest BCUT2D eigenvalue weighted by molar-refractivity contribution is 5.81. The van der Waals surface area contributed by atoms with Crippen LogP contribution < -0.4 is 4.74 Å². The summed E-state index contributed by atoms with van der Waals surface area (Å²) < 4.78 is 5.96. The highest BCUT2D eigenvalue weighted by Crippen LogP contribution is 2.27. The molecular weight excluding hydrogens is 262 g/mol. The molecule has 1 aliphatic rings. The number of hydrogen-bond acceptors (Lipinski definition) is 2. The van der Waals surface area contributed by atoms with E-state index in [1.807, 2.05) is 30.0 Å². The van der Waals surface area contributed by atoms with Crippen molar-refractivity contribution in [2.24, 2.45) is 5.92 Å². The van der Waals surface area contributed by atoms with E-state index in [-0.39, 0.29) is 5.91 Å². The van der Waals surface area contributed by atoms with Crippen LogP contribution in [0.15, 0.2) is 24.3 Å². The van der Waals surface area contributed by atoms with Crippen LogP contribution in [-0.2, 0) is 4.79 Å². The van der Waals surface area contributed by atoms with Gasteiger partial charge in [-0.1, -0.05) is 39.0 Å². The molecule has 1 saturated heterocycles. The number of ether oxygens (including phenoxy) is 1. The van der Waals surface area contributed by atoms with Gasteiger partial charge in [-0.05, 0) is 43.2 Å². The normalized spacial score (nSPS) is 17.9. The Bertz CT molecular complexity index is 476. The average molecular weight is 289 g/mol. The first-order valence-electron chi connectivity index (χ1n) is 8.03. The largest absolute Gasteiger partial charge is 0.481 e. The van der Waals surface area contributed by atoms with Gasteiger partial charge in [-0.25, -0.2) is 0 Å². The Morgan fingerprint density at radius 2 is 1.81 bits per heavy atom. The summed E-state index contributed by atoms with van der Waals surface area (Å²) in [6.07, 6.45) is 1.78. The first-order valence-corrected chi connectivity index (χ1v) is 8.03. The molecule has 116 valence electrons. The number of carbonyl (C=O) groups excluding carboxylic acids is 1. The van der Waals surface area contributed by atoms with Crippen molar-refractivity contribution < 1.29 is 9.53 Å². The van der Waals surface area contributed by atoms with Crippen LogP contribution in [0.5, 0.6) is 5.75 Å². The van der Waals surface area contributed by atoms with Crippen LogP contribution >= 0.6 is 0 Å². The quantitative estimate of drug-likeness (QED) is 0.843. The van der Waals surface area contributed by atoms with Gasteiger partial charge >= 0.3 is 0 Å². The first kappa shape index (κ1) is 15.9. The van der Waals surface area contributed by atoms with E-state index in [2.05, 4.69) is 26.8 Å². The Morgan fingerprint density at radius 3 is 2.43 bits per heavy atom. The lowest BCUT2D eigenvalue weighted by Crippen LogP contribution is -2.44. The highest BCUT2D eigenvalue weighted by Gasteiger charge is 2.26. The van der Waals surface area contributed by atoms with E-state index in [9.17, 15) is 4.79 Å². The highest BCUT2D eigenvalue weighted by atomic mass is 16.5. The number of carbonyl (C=O) groups is 1. The van der Waals surface area contributed by atoms with Crippen LogP contribution in [0.3, 0.4) is 0 Å². The predicted molar refractivity (Wildman–Crippen MR) is 85.6 cm³/mol. The monoisotopic (exact) mass is 289 g/mol. The molecule has 3 heteroatoms. The summed E-state index contributed by atoms with van der Waals surface area (Å²) in [5.74, 6) is 2.06. The number of rotatable bonds is 4. The minimum Gasteiger partial charge on any atom is -0.481 e. The summed E-state index contributed by atoms with van der Waals surface area (Å²) >= 11 is 0. The van der Waals surface area contributed by atoms with Gasteiger partial charge in [-0.2, -0.15) is 0 Å². The number of benzene rings is 1. The summed E-state index contributed by atoms with van der Waals surface area (Å²) in [5, 5.41) is 0. The Labute approximate surface area is 128 Å². The van der Waals surface area contributed by atoms with Crippen LogP contribution in [0.1, 0.15) is 52.0 Å². The van der Waals surface area contributed by atoms with Crippen LogP contribution in [-0.4, -0.2) is 30.0 Å². The Balaban J connectivity index is 2.01. The van der Waals surface area contributed by atoms with Gasteiger partial charge in [0.15, 0.2) is 6.10 Å². The predicted octanol–water partition coefficient (Wildman–Crippen LogP) is 3.84. The van der Waals surface area contributed by atoms with E-state index >= 15 is 0 Å². The fraction of sp³-hybridized carbons (Fsp3) is 0.611. The third kappa shape index (κ3) is 3.99. The van der Waals surface area contributed by atoms with Crippen molar-refractivity contribution in [2.45, 2.75) is 52.6 Å². The second-order valence-electron chi connectivity index (χ2n) is 6.46. The fourth-order valence-electron chi connectivity index (χ4n) is 2.79. The van der Waals surface area contributed by atoms with Crippen molar-refractivity contribution in [2.75, 3.05) is 13.1 Å². The lowest BCUT2D eigenvalue weighted by atomic mass is 9.99. The summed E-state index contributed by atoms with van der Waals surface area (Å²) in [6.45, 7) is 10.1. The van der Waals surface area contributed by atoms with Gasteiger partial charge in [0.05, 0.1) is 0 Å². The fourth-order valence-corrected chi connectivity index (χ4v) is 2.79. The molecule has 1 aromatic rings. The second-order valence-corrected chi connectivity index (χ2v) is 6.46. The minimum absolute atomic E-state index is 0.112. The molecule has 1 heterocycles. The van der Waals surface area contributed by atoms with Gasteiger partial charge in [0.1, 0.15) is 5.75 Å². The number of amides is 1.